The lowest BCUT2D eigenvalue weighted by Gasteiger charge is -2.32. The number of aliphatic carboxylic acids is 1. The molecule has 4 heteroatoms. The van der Waals surface area contributed by atoms with Gasteiger partial charge in [0.2, 0.25) is 0 Å². The van der Waals surface area contributed by atoms with Crippen LogP contribution in [0.5, 0.6) is 0 Å². The van der Waals surface area contributed by atoms with Crippen molar-refractivity contribution in [3.8, 4) is 0 Å². The molecule has 2 nitrogen and oxygen atoms in total. The van der Waals surface area contributed by atoms with Gasteiger partial charge in [-0.3, -0.25) is 4.79 Å². The molecular weight excluding hydrogens is 216 g/mol. The molecule has 0 aromatic heterocycles. The Labute approximate surface area is 94.2 Å². The highest BCUT2D eigenvalue weighted by Crippen LogP contribution is 2.39. The maximum atomic E-state index is 11.3. The van der Waals surface area contributed by atoms with Gasteiger partial charge in [-0.15, -0.1) is 11.8 Å². The van der Waals surface area contributed by atoms with Crippen LogP contribution in [-0.4, -0.2) is 33.1 Å². The van der Waals surface area contributed by atoms with E-state index in [9.17, 15) is 9.90 Å². The Morgan fingerprint density at radius 1 is 1.64 bits per heavy atom. The molecule has 0 aliphatic carbocycles. The molecule has 1 N–H and O–H groups in total. The minimum atomic E-state index is -0.615. The number of thioether (sulfide) groups is 2. The van der Waals surface area contributed by atoms with Crippen molar-refractivity contribution in [3.05, 3.63) is 0 Å². The molecule has 0 bridgehead atoms. The summed E-state index contributed by atoms with van der Waals surface area (Å²) in [6.07, 6.45) is 1.88. The average Bonchev–Trinajstić information content (AvgIpc) is 2.16. The van der Waals surface area contributed by atoms with Gasteiger partial charge in [-0.2, -0.15) is 11.8 Å². The van der Waals surface area contributed by atoms with Crippen LogP contribution in [0.1, 0.15) is 26.7 Å². The zero-order chi connectivity index (χ0) is 10.6. The van der Waals surface area contributed by atoms with Gasteiger partial charge in [0.25, 0.3) is 0 Å². The summed E-state index contributed by atoms with van der Waals surface area (Å²) < 4.78 is -0.493. The summed E-state index contributed by atoms with van der Waals surface area (Å²) in [6, 6.07) is 0. The van der Waals surface area contributed by atoms with E-state index in [-0.39, 0.29) is 0 Å². The van der Waals surface area contributed by atoms with Crippen LogP contribution in [0.3, 0.4) is 0 Å². The topological polar surface area (TPSA) is 37.3 Å². The maximum absolute atomic E-state index is 11.3. The van der Waals surface area contributed by atoms with E-state index in [0.29, 0.717) is 5.92 Å². The van der Waals surface area contributed by atoms with Crippen molar-refractivity contribution in [1.82, 2.24) is 0 Å². The molecule has 1 saturated heterocycles. The summed E-state index contributed by atoms with van der Waals surface area (Å²) in [5, 5.41) is 9.27. The number of hydrogen-bond donors (Lipinski definition) is 1. The van der Waals surface area contributed by atoms with Crippen molar-refractivity contribution in [2.45, 2.75) is 31.4 Å². The van der Waals surface area contributed by atoms with Crippen molar-refractivity contribution in [3.63, 3.8) is 0 Å². The summed E-state index contributed by atoms with van der Waals surface area (Å²) in [5.41, 5.74) is 0. The van der Waals surface area contributed by atoms with E-state index in [1.807, 2.05) is 0 Å². The van der Waals surface area contributed by atoms with E-state index >= 15 is 0 Å². The van der Waals surface area contributed by atoms with Crippen molar-refractivity contribution in [2.75, 3.05) is 17.3 Å². The van der Waals surface area contributed by atoms with Gasteiger partial charge in [0.15, 0.2) is 0 Å². The highest BCUT2D eigenvalue weighted by Gasteiger charge is 2.40. The fourth-order valence-corrected chi connectivity index (χ4v) is 4.18. The predicted molar refractivity (Wildman–Crippen MR) is 64.2 cm³/mol. The van der Waals surface area contributed by atoms with Crippen molar-refractivity contribution in [2.24, 2.45) is 5.92 Å². The van der Waals surface area contributed by atoms with Gasteiger partial charge >= 0.3 is 5.97 Å². The molecule has 0 aromatic carbocycles. The fraction of sp³-hybridized carbons (Fsp3) is 0.900. The van der Waals surface area contributed by atoms with Crippen molar-refractivity contribution < 1.29 is 9.90 Å². The summed E-state index contributed by atoms with van der Waals surface area (Å²) in [7, 11) is 0. The van der Waals surface area contributed by atoms with Crippen LogP contribution >= 0.6 is 23.5 Å². The van der Waals surface area contributed by atoms with Crippen LogP contribution in [0.2, 0.25) is 0 Å². The third kappa shape index (κ3) is 3.09. The Balaban J connectivity index is 2.56. The monoisotopic (exact) mass is 234 g/mol. The Morgan fingerprint density at radius 3 is 2.79 bits per heavy atom. The normalized spacial score (nSPS) is 27.9. The predicted octanol–water partition coefficient (Wildman–Crippen LogP) is 2.73. The zero-order valence-electron chi connectivity index (χ0n) is 8.78. The van der Waals surface area contributed by atoms with Gasteiger partial charge in [0.1, 0.15) is 4.75 Å². The third-order valence-corrected chi connectivity index (χ3v) is 5.65. The SMILES string of the molecule is CC(C)CSC1(C(=O)O)CCCSC1. The molecule has 1 aliphatic rings. The van der Waals surface area contributed by atoms with Gasteiger partial charge in [-0.1, -0.05) is 13.8 Å². The van der Waals surface area contributed by atoms with E-state index < -0.39 is 10.7 Å². The Morgan fingerprint density at radius 2 is 2.36 bits per heavy atom. The van der Waals surface area contributed by atoms with Crippen LogP contribution in [0.25, 0.3) is 0 Å². The Bertz CT molecular complexity index is 198. The summed E-state index contributed by atoms with van der Waals surface area (Å²) in [5.74, 6) is 2.81. The van der Waals surface area contributed by atoms with Gasteiger partial charge < -0.3 is 5.11 Å². The van der Waals surface area contributed by atoms with E-state index in [0.717, 1.165) is 30.1 Å². The van der Waals surface area contributed by atoms with E-state index in [1.54, 1.807) is 23.5 Å². The zero-order valence-corrected chi connectivity index (χ0v) is 10.4. The minimum absolute atomic E-state index is 0.493. The summed E-state index contributed by atoms with van der Waals surface area (Å²) in [6.45, 7) is 4.27. The van der Waals surface area contributed by atoms with Crippen molar-refractivity contribution >= 4 is 29.5 Å². The number of carbonyl (C=O) groups is 1. The second-order valence-corrected chi connectivity index (χ2v) is 6.67. The molecule has 0 spiro atoms. The summed E-state index contributed by atoms with van der Waals surface area (Å²) in [4.78, 5) is 11.3. The molecule has 0 amide bonds. The van der Waals surface area contributed by atoms with Crippen LogP contribution < -0.4 is 0 Å². The minimum Gasteiger partial charge on any atom is -0.480 e. The number of hydrogen-bond acceptors (Lipinski definition) is 3. The van der Waals surface area contributed by atoms with Crippen LogP contribution in [0.4, 0.5) is 0 Å². The highest BCUT2D eigenvalue weighted by atomic mass is 32.2. The van der Waals surface area contributed by atoms with E-state index in [2.05, 4.69) is 13.8 Å². The first-order valence-corrected chi connectivity index (χ1v) is 7.16. The molecular formula is C10H18O2S2. The average molecular weight is 234 g/mol. The highest BCUT2D eigenvalue weighted by molar-refractivity contribution is 8.04. The van der Waals surface area contributed by atoms with Gasteiger partial charge in [-0.25, -0.2) is 0 Å². The molecule has 1 rings (SSSR count). The fourth-order valence-electron chi connectivity index (χ4n) is 1.44. The molecule has 1 unspecified atom stereocenters. The smallest absolute Gasteiger partial charge is 0.320 e. The quantitative estimate of drug-likeness (QED) is 0.811. The van der Waals surface area contributed by atoms with Crippen LogP contribution in [0, 0.1) is 5.92 Å². The molecule has 0 aromatic rings. The molecule has 0 saturated carbocycles. The van der Waals surface area contributed by atoms with Crippen molar-refractivity contribution in [1.29, 1.82) is 0 Å². The molecule has 1 atom stereocenters. The lowest BCUT2D eigenvalue weighted by molar-refractivity contribution is -0.139. The van der Waals surface area contributed by atoms with Gasteiger partial charge in [-0.05, 0) is 30.3 Å². The van der Waals surface area contributed by atoms with Crippen LogP contribution in [-0.2, 0) is 4.79 Å². The lowest BCUT2D eigenvalue weighted by Crippen LogP contribution is -2.40. The number of carboxylic acids is 1. The number of carboxylic acid groups (broad SMARTS) is 1. The number of rotatable bonds is 4. The molecule has 14 heavy (non-hydrogen) atoms. The Kier molecular flexibility index (Phi) is 4.64. The van der Waals surface area contributed by atoms with Gasteiger partial charge in [0.05, 0.1) is 0 Å². The first kappa shape index (κ1) is 12.2. The molecule has 1 heterocycles. The maximum Gasteiger partial charge on any atom is 0.320 e. The molecule has 0 radical (unpaired) electrons. The van der Waals surface area contributed by atoms with Gasteiger partial charge in [0, 0.05) is 5.75 Å². The van der Waals surface area contributed by atoms with Crippen LogP contribution in [0.15, 0.2) is 0 Å². The molecule has 1 fully saturated rings. The molecule has 82 valence electrons. The largest absolute Gasteiger partial charge is 0.480 e. The first-order chi connectivity index (χ1) is 6.57. The Hall–Kier alpha value is 0.170. The summed E-state index contributed by atoms with van der Waals surface area (Å²) >= 11 is 3.42. The first-order valence-electron chi connectivity index (χ1n) is 5.02. The van der Waals surface area contributed by atoms with E-state index in [1.165, 1.54) is 0 Å². The second kappa shape index (κ2) is 5.31. The third-order valence-electron chi connectivity index (χ3n) is 2.29. The molecule has 1 aliphatic heterocycles. The van der Waals surface area contributed by atoms with E-state index in [4.69, 9.17) is 0 Å². The standard InChI is InChI=1S/C10H18O2S2/c1-8(2)6-14-10(9(11)12)4-3-5-13-7-10/h8H,3-7H2,1-2H3,(H,11,12). The lowest BCUT2D eigenvalue weighted by atomic mass is 10.1. The second-order valence-electron chi connectivity index (χ2n) is 4.16.